The van der Waals surface area contributed by atoms with Crippen molar-refractivity contribution in [3.05, 3.63) is 138 Å². The van der Waals surface area contributed by atoms with Crippen molar-refractivity contribution in [3.8, 4) is 0 Å². The van der Waals surface area contributed by atoms with Crippen LogP contribution in [0.4, 0.5) is 17.1 Å². The fourth-order valence-corrected chi connectivity index (χ4v) is 12.1. The Balaban J connectivity index is 0.000000422. The average Bonchev–Trinajstić information content (AvgIpc) is 1.12. The number of amides is 3. The second-order valence-corrected chi connectivity index (χ2v) is 26.7. The minimum absolute atomic E-state index is 0. The van der Waals surface area contributed by atoms with Crippen molar-refractivity contribution in [1.82, 2.24) is 29.7 Å². The number of aliphatic hydroxyl groups excluding tert-OH is 1. The van der Waals surface area contributed by atoms with E-state index in [4.69, 9.17) is 19.3 Å². The van der Waals surface area contributed by atoms with Crippen molar-refractivity contribution in [2.45, 2.75) is 114 Å². The van der Waals surface area contributed by atoms with Crippen LogP contribution in [0.3, 0.4) is 0 Å². The Morgan fingerprint density at radius 2 is 0.854 bits per heavy atom. The van der Waals surface area contributed by atoms with E-state index in [-0.39, 0.29) is 107 Å². The van der Waals surface area contributed by atoms with Gasteiger partial charge in [0.05, 0.1) is 60.3 Å². The standard InChI is InChI=1S/C21H25N3O3S.C19H23N3O2S.C12H15N3O2.C10H14O2S.C4H8O.C4H9O.CH4.ClH.K/c1-16(25)23-10-12-24(13-11-23)19-5-3-18(22-15-19)4-6-20-7-8-21(28-20)9-14-27-17(2)26;1-15(24)21-9-11-22(12-10-21)17-4-2-16(20-14-17)3-5-18-6-7-19(25-18)8-13-23;1-10(17)14-4-6-15(7-5-14)12-3-2-11(9-16)13-8-12;1-3-9-4-5-10(13-9)6-7-12-8(2)11;1-2-4-5-3-1;1-4(2,3)5;;;/h3-8,15H,9-14H2,1-2H3;2-7,14,23H,8-13H2,1H3;2-3,8-9H,4-7H2,1H3;4-5H,3,6-7H2,1-2H3;1-4H2;1-3H3;1H4;1H;/q;;;;;-1;;;+1/p-1. The first kappa shape index (κ1) is 86.3. The Bertz CT molecular complexity index is 3240. The van der Waals surface area contributed by atoms with Crippen molar-refractivity contribution in [3.63, 3.8) is 0 Å². The number of hydrogen-bond donors (Lipinski definition) is 1. The summed E-state index contributed by atoms with van der Waals surface area (Å²) in [5.74, 6) is -0.0337. The summed E-state index contributed by atoms with van der Waals surface area (Å²) in [5, 5.41) is 19.1. The Morgan fingerprint density at radius 1 is 0.521 bits per heavy atom. The van der Waals surface area contributed by atoms with Gasteiger partial charge in [-0.25, -0.2) is 0 Å². The molecule has 3 amide bonds. The van der Waals surface area contributed by atoms with Gasteiger partial charge in [0.15, 0.2) is 6.29 Å². The number of aromatic nitrogens is 3. The summed E-state index contributed by atoms with van der Waals surface area (Å²) in [5.41, 5.74) is 4.70. The van der Waals surface area contributed by atoms with Crippen LogP contribution in [0.5, 0.6) is 0 Å². The number of thiophene rings is 3. The number of aryl methyl sites for hydroxylation is 1. The summed E-state index contributed by atoms with van der Waals surface area (Å²) >= 11 is 5.17. The van der Waals surface area contributed by atoms with E-state index in [0.29, 0.717) is 25.3 Å². The van der Waals surface area contributed by atoms with Crippen LogP contribution in [0.15, 0.2) is 91.4 Å². The van der Waals surface area contributed by atoms with Gasteiger partial charge >= 0.3 is 63.3 Å². The molecule has 6 aromatic heterocycles. The number of nitrogens with zero attached hydrogens (tertiary/aromatic N) is 9. The van der Waals surface area contributed by atoms with Crippen LogP contribution in [-0.2, 0) is 63.9 Å². The SMILES string of the molecule is C.C1CCOC1.CC(=O)N1CCN(c2ccc(C=Cc3ccc(CCO)s3)nc2)CC1.CC(=O)N1CCN(c2ccc(C=O)nc2)CC1.CC(=O)OCCc1ccc(C=Cc2ccc(N3CCN(C(C)=O)CC3)cn2)s1.CC(C)(C)[O-].CCc1ccc(CCOC(C)=O)s1.[Cl-].[K+]. The van der Waals surface area contributed by atoms with Gasteiger partial charge in [0.2, 0.25) is 17.7 Å². The number of anilines is 3. The Kier molecular flexibility index (Phi) is 42.5. The van der Waals surface area contributed by atoms with Gasteiger partial charge in [-0.05, 0) is 116 Å². The molecule has 0 atom stereocenters. The molecule has 25 heteroatoms. The smallest absolute Gasteiger partial charge is 1.00 e. The molecule has 4 aliphatic heterocycles. The maximum Gasteiger partial charge on any atom is 1.00 e. The summed E-state index contributed by atoms with van der Waals surface area (Å²) in [7, 11) is 0. The fraction of sp³-hybridized carbons (Fsp3) is 0.479. The van der Waals surface area contributed by atoms with Gasteiger partial charge in [-0.3, -0.25) is 43.7 Å². The molecule has 10 rings (SSSR count). The Morgan fingerprint density at radius 3 is 1.14 bits per heavy atom. The van der Waals surface area contributed by atoms with Crippen molar-refractivity contribution >= 4 is 111 Å². The molecule has 96 heavy (non-hydrogen) atoms. The molecule has 0 spiro atoms. The molecule has 0 unspecified atom stereocenters. The fourth-order valence-electron chi connectivity index (χ4n) is 9.39. The molecule has 0 aromatic carbocycles. The van der Waals surface area contributed by atoms with Crippen LogP contribution in [0.1, 0.15) is 134 Å². The summed E-state index contributed by atoms with van der Waals surface area (Å²) in [6.07, 6.45) is 20.3. The topological polar surface area (TPSA) is 232 Å². The number of rotatable bonds is 17. The molecule has 0 aliphatic carbocycles. The number of piperazine rings is 3. The van der Waals surface area contributed by atoms with Crippen molar-refractivity contribution in [2.75, 3.05) is 126 Å². The van der Waals surface area contributed by atoms with Gasteiger partial charge in [0, 0.05) is 182 Å². The van der Waals surface area contributed by atoms with Crippen LogP contribution in [-0.4, -0.2) is 188 Å². The molecule has 0 radical (unpaired) electrons. The van der Waals surface area contributed by atoms with Crippen LogP contribution in [0, 0.1) is 0 Å². The number of halogens is 1. The molecule has 0 saturated carbocycles. The van der Waals surface area contributed by atoms with Gasteiger partial charge in [0.25, 0.3) is 0 Å². The van der Waals surface area contributed by atoms with Gasteiger partial charge in [-0.15, -0.1) is 39.6 Å². The first-order chi connectivity index (χ1) is 44.6. The Hall–Kier alpha value is -5.74. The number of hydrogen-bond acceptors (Lipinski definition) is 20. The molecule has 520 valence electrons. The second kappa shape index (κ2) is 47.3. The van der Waals surface area contributed by atoms with E-state index >= 15 is 0 Å². The van der Waals surface area contributed by atoms with Crippen LogP contribution < -0.4 is 83.6 Å². The quantitative estimate of drug-likeness (QED) is 0.0767. The Labute approximate surface area is 630 Å². The molecular formula is C71H98ClKN9O11S3-. The zero-order chi connectivity index (χ0) is 67.5. The number of aldehydes is 1. The maximum absolute atomic E-state index is 11.4. The molecule has 20 nitrogen and oxygen atoms in total. The molecule has 1 N–H and O–H groups in total. The minimum atomic E-state index is -0.750. The molecule has 10 heterocycles. The molecule has 4 saturated heterocycles. The van der Waals surface area contributed by atoms with Gasteiger partial charge < -0.3 is 66.2 Å². The molecule has 6 aromatic rings. The number of carbonyl (C=O) groups excluding carboxylic acids is 6. The maximum atomic E-state index is 11.4. The van der Waals surface area contributed by atoms with E-state index in [0.717, 1.165) is 156 Å². The third-order valence-corrected chi connectivity index (χ3v) is 18.0. The first-order valence-electron chi connectivity index (χ1n) is 31.7. The predicted molar refractivity (Wildman–Crippen MR) is 380 cm³/mol. The number of pyridine rings is 3. The monoisotopic (exact) mass is 1420 g/mol. The largest absolute Gasteiger partial charge is 1.00 e. The zero-order valence-electron chi connectivity index (χ0n) is 57.0. The van der Waals surface area contributed by atoms with Gasteiger partial charge in [-0.2, -0.15) is 0 Å². The summed E-state index contributed by atoms with van der Waals surface area (Å²) in [6, 6.07) is 24.3. The zero-order valence-corrected chi connectivity index (χ0v) is 63.3. The number of esters is 2. The molecule has 4 fully saturated rings. The van der Waals surface area contributed by atoms with Crippen molar-refractivity contribution in [2.24, 2.45) is 0 Å². The van der Waals surface area contributed by atoms with Crippen LogP contribution in [0.2, 0.25) is 0 Å². The first-order valence-corrected chi connectivity index (χ1v) is 34.2. The van der Waals surface area contributed by atoms with E-state index < -0.39 is 5.60 Å². The summed E-state index contributed by atoms with van der Waals surface area (Å²) < 4.78 is 14.8. The summed E-state index contributed by atoms with van der Waals surface area (Å²) in [4.78, 5) is 98.5. The average molecular weight is 1420 g/mol. The minimum Gasteiger partial charge on any atom is -1.00 e. The van der Waals surface area contributed by atoms with E-state index in [1.807, 2.05) is 63.5 Å². The normalized spacial score (nSPS) is 14.2. The van der Waals surface area contributed by atoms with Crippen LogP contribution in [0.25, 0.3) is 24.3 Å². The van der Waals surface area contributed by atoms with Crippen LogP contribution >= 0.6 is 34.0 Å². The number of ether oxygens (including phenoxy) is 3. The number of carbonyl (C=O) groups is 6. The third kappa shape index (κ3) is 34.7. The van der Waals surface area contributed by atoms with Gasteiger partial charge in [-0.1, -0.05) is 35.1 Å². The van der Waals surface area contributed by atoms with Crippen molar-refractivity contribution in [1.29, 1.82) is 0 Å². The molecule has 0 bridgehead atoms. The van der Waals surface area contributed by atoms with E-state index in [9.17, 15) is 33.9 Å². The van der Waals surface area contributed by atoms with E-state index in [1.54, 1.807) is 87.8 Å². The third-order valence-electron chi connectivity index (χ3n) is 14.5. The van der Waals surface area contributed by atoms with E-state index in [1.165, 1.54) is 46.2 Å². The van der Waals surface area contributed by atoms with Crippen molar-refractivity contribution < 1.29 is 117 Å². The molecular weight excluding hydrogens is 1330 g/mol. The molecule has 4 aliphatic rings. The number of aliphatic hydroxyl groups is 1. The predicted octanol–water partition coefficient (Wildman–Crippen LogP) is 4.17. The van der Waals surface area contributed by atoms with E-state index in [2.05, 4.69) is 91.2 Å². The summed E-state index contributed by atoms with van der Waals surface area (Å²) in [6.45, 7) is 27.4. The van der Waals surface area contributed by atoms with Gasteiger partial charge in [0.1, 0.15) is 5.69 Å². The second-order valence-electron chi connectivity index (χ2n) is 23.0.